The Balaban J connectivity index is 1.83. The SMILES string of the molecule is c1ccc(-c2cccc3c(-c4cccc5ccccc45)ncnc23)cc1. The quantitative estimate of drug-likeness (QED) is 0.389. The van der Waals surface area contributed by atoms with E-state index >= 15 is 0 Å². The highest BCUT2D eigenvalue weighted by Crippen LogP contribution is 2.34. The summed E-state index contributed by atoms with van der Waals surface area (Å²) in [6.45, 7) is 0. The smallest absolute Gasteiger partial charge is 0.116 e. The van der Waals surface area contributed by atoms with Gasteiger partial charge in [-0.2, -0.15) is 0 Å². The first-order chi connectivity index (χ1) is 12.9. The Morgan fingerprint density at radius 1 is 0.500 bits per heavy atom. The molecule has 2 nitrogen and oxygen atoms in total. The van der Waals surface area contributed by atoms with Crippen LogP contribution in [0.15, 0.2) is 97.3 Å². The van der Waals surface area contributed by atoms with Gasteiger partial charge in [-0.25, -0.2) is 9.97 Å². The van der Waals surface area contributed by atoms with E-state index in [1.54, 1.807) is 6.33 Å². The second kappa shape index (κ2) is 6.08. The van der Waals surface area contributed by atoms with Gasteiger partial charge in [0, 0.05) is 16.5 Å². The van der Waals surface area contributed by atoms with E-state index in [9.17, 15) is 0 Å². The van der Waals surface area contributed by atoms with Crippen LogP contribution in [0.3, 0.4) is 0 Å². The average Bonchev–Trinajstić information content (AvgIpc) is 2.73. The van der Waals surface area contributed by atoms with Crippen LogP contribution in [0, 0.1) is 0 Å². The summed E-state index contributed by atoms with van der Waals surface area (Å²) in [6.07, 6.45) is 1.67. The molecular weight excluding hydrogens is 316 g/mol. The van der Waals surface area contributed by atoms with Crippen LogP contribution in [0.4, 0.5) is 0 Å². The molecule has 26 heavy (non-hydrogen) atoms. The Kier molecular flexibility index (Phi) is 3.46. The van der Waals surface area contributed by atoms with Crippen molar-refractivity contribution < 1.29 is 0 Å². The molecule has 122 valence electrons. The molecule has 0 spiro atoms. The van der Waals surface area contributed by atoms with Crippen LogP contribution in [-0.4, -0.2) is 9.97 Å². The Hall–Kier alpha value is -3.52. The predicted octanol–water partition coefficient (Wildman–Crippen LogP) is 6.12. The van der Waals surface area contributed by atoms with Gasteiger partial charge in [-0.1, -0.05) is 91.0 Å². The second-order valence-corrected chi connectivity index (χ2v) is 6.32. The molecule has 0 atom stereocenters. The number of fused-ring (bicyclic) bond motifs is 2. The maximum Gasteiger partial charge on any atom is 0.116 e. The van der Waals surface area contributed by atoms with Gasteiger partial charge in [0.1, 0.15) is 6.33 Å². The molecule has 1 heterocycles. The lowest BCUT2D eigenvalue weighted by Gasteiger charge is -2.11. The highest BCUT2D eigenvalue weighted by atomic mass is 14.8. The Bertz CT molecular complexity index is 1220. The molecule has 0 unspecified atom stereocenters. The number of benzene rings is 4. The van der Waals surface area contributed by atoms with Crippen molar-refractivity contribution in [2.45, 2.75) is 0 Å². The van der Waals surface area contributed by atoms with Crippen LogP contribution in [0.1, 0.15) is 0 Å². The van der Waals surface area contributed by atoms with Crippen LogP contribution in [0.5, 0.6) is 0 Å². The zero-order valence-corrected chi connectivity index (χ0v) is 14.1. The number of para-hydroxylation sites is 1. The van der Waals surface area contributed by atoms with Gasteiger partial charge in [0.15, 0.2) is 0 Å². The number of aromatic nitrogens is 2. The molecule has 0 N–H and O–H groups in total. The molecule has 0 amide bonds. The largest absolute Gasteiger partial charge is 0.236 e. The van der Waals surface area contributed by atoms with Crippen molar-refractivity contribution in [2.24, 2.45) is 0 Å². The van der Waals surface area contributed by atoms with Gasteiger partial charge >= 0.3 is 0 Å². The molecule has 0 radical (unpaired) electrons. The van der Waals surface area contributed by atoms with Gasteiger partial charge in [-0.05, 0) is 16.3 Å². The molecular formula is C24H16N2. The van der Waals surface area contributed by atoms with Crippen LogP contribution in [-0.2, 0) is 0 Å². The van der Waals surface area contributed by atoms with Gasteiger partial charge in [0.2, 0.25) is 0 Å². The molecule has 4 aromatic carbocycles. The average molecular weight is 332 g/mol. The van der Waals surface area contributed by atoms with E-state index in [0.29, 0.717) is 0 Å². The van der Waals surface area contributed by atoms with Crippen LogP contribution in [0.2, 0.25) is 0 Å². The summed E-state index contributed by atoms with van der Waals surface area (Å²) in [4.78, 5) is 9.26. The van der Waals surface area contributed by atoms with E-state index in [4.69, 9.17) is 0 Å². The normalized spacial score (nSPS) is 11.1. The summed E-state index contributed by atoms with van der Waals surface area (Å²) in [5, 5.41) is 3.50. The number of hydrogen-bond donors (Lipinski definition) is 0. The lowest BCUT2D eigenvalue weighted by molar-refractivity contribution is 1.23. The number of rotatable bonds is 2. The molecule has 0 aliphatic heterocycles. The van der Waals surface area contributed by atoms with Gasteiger partial charge in [-0.15, -0.1) is 0 Å². The zero-order chi connectivity index (χ0) is 17.3. The predicted molar refractivity (Wildman–Crippen MR) is 108 cm³/mol. The summed E-state index contributed by atoms with van der Waals surface area (Å²) >= 11 is 0. The third kappa shape index (κ3) is 2.35. The Labute approximate surface area is 151 Å². The zero-order valence-electron chi connectivity index (χ0n) is 14.1. The van der Waals surface area contributed by atoms with Crippen LogP contribution in [0.25, 0.3) is 44.1 Å². The maximum absolute atomic E-state index is 4.65. The summed E-state index contributed by atoms with van der Waals surface area (Å²) in [5.74, 6) is 0. The molecule has 0 fully saturated rings. The Morgan fingerprint density at radius 3 is 2.12 bits per heavy atom. The highest BCUT2D eigenvalue weighted by molar-refractivity contribution is 6.06. The fraction of sp³-hybridized carbons (Fsp3) is 0. The maximum atomic E-state index is 4.65. The van der Waals surface area contributed by atoms with Crippen molar-refractivity contribution in [3.8, 4) is 22.4 Å². The van der Waals surface area contributed by atoms with Gasteiger partial charge in [-0.3, -0.25) is 0 Å². The van der Waals surface area contributed by atoms with E-state index in [2.05, 4.69) is 94.9 Å². The first-order valence-electron chi connectivity index (χ1n) is 8.69. The molecule has 0 aliphatic carbocycles. The fourth-order valence-corrected chi connectivity index (χ4v) is 3.58. The third-order valence-corrected chi connectivity index (χ3v) is 4.79. The molecule has 5 rings (SSSR count). The van der Waals surface area contributed by atoms with Crippen molar-refractivity contribution >= 4 is 21.7 Å². The standard InChI is InChI=1S/C24H16N2/c1-2-8-18(9-3-1)20-13-7-15-22-23(20)25-16-26-24(22)21-14-6-11-17-10-4-5-12-19(17)21/h1-16H. The minimum Gasteiger partial charge on any atom is -0.236 e. The lowest BCUT2D eigenvalue weighted by Crippen LogP contribution is -1.92. The van der Waals surface area contributed by atoms with E-state index in [1.807, 2.05) is 6.07 Å². The molecule has 1 aromatic heterocycles. The molecule has 0 aliphatic rings. The number of hydrogen-bond acceptors (Lipinski definition) is 2. The third-order valence-electron chi connectivity index (χ3n) is 4.79. The topological polar surface area (TPSA) is 25.8 Å². The summed E-state index contributed by atoms with van der Waals surface area (Å²) in [5.41, 5.74) is 5.40. The van der Waals surface area contributed by atoms with Crippen molar-refractivity contribution in [1.29, 1.82) is 0 Å². The van der Waals surface area contributed by atoms with Crippen molar-refractivity contribution in [3.63, 3.8) is 0 Å². The summed E-state index contributed by atoms with van der Waals surface area (Å²) in [6, 6.07) is 31.5. The van der Waals surface area contributed by atoms with Crippen LogP contribution < -0.4 is 0 Å². The highest BCUT2D eigenvalue weighted by Gasteiger charge is 2.12. The van der Waals surface area contributed by atoms with E-state index in [-0.39, 0.29) is 0 Å². The van der Waals surface area contributed by atoms with Gasteiger partial charge < -0.3 is 0 Å². The first-order valence-corrected chi connectivity index (χ1v) is 8.69. The molecule has 5 aromatic rings. The lowest BCUT2D eigenvalue weighted by atomic mass is 9.96. The first kappa shape index (κ1) is 14.8. The minimum atomic E-state index is 0.976. The van der Waals surface area contributed by atoms with Crippen molar-refractivity contribution in [3.05, 3.63) is 97.3 Å². The van der Waals surface area contributed by atoms with E-state index in [0.717, 1.165) is 27.7 Å². The van der Waals surface area contributed by atoms with Crippen LogP contribution >= 0.6 is 0 Å². The monoisotopic (exact) mass is 332 g/mol. The van der Waals surface area contributed by atoms with Crippen molar-refractivity contribution in [1.82, 2.24) is 9.97 Å². The van der Waals surface area contributed by atoms with Gasteiger partial charge in [0.05, 0.1) is 11.2 Å². The van der Waals surface area contributed by atoms with Crippen molar-refractivity contribution in [2.75, 3.05) is 0 Å². The molecule has 2 heteroatoms. The Morgan fingerprint density at radius 2 is 1.19 bits per heavy atom. The minimum absolute atomic E-state index is 0.976. The number of nitrogens with zero attached hydrogens (tertiary/aromatic N) is 2. The van der Waals surface area contributed by atoms with Gasteiger partial charge in [0.25, 0.3) is 0 Å². The fourth-order valence-electron chi connectivity index (χ4n) is 3.58. The summed E-state index contributed by atoms with van der Waals surface area (Å²) < 4.78 is 0. The summed E-state index contributed by atoms with van der Waals surface area (Å²) in [7, 11) is 0. The molecule has 0 bridgehead atoms. The molecule has 0 saturated carbocycles. The van der Waals surface area contributed by atoms with E-state index < -0.39 is 0 Å². The van der Waals surface area contributed by atoms with E-state index in [1.165, 1.54) is 16.3 Å². The molecule has 0 saturated heterocycles. The second-order valence-electron chi connectivity index (χ2n) is 6.32.